The lowest BCUT2D eigenvalue weighted by Crippen LogP contribution is -1.86. The maximum atomic E-state index is 5.26. The number of H-pyrrole nitrogens is 2. The van der Waals surface area contributed by atoms with Crippen molar-refractivity contribution in [1.82, 2.24) is 30.1 Å². The third-order valence-corrected chi connectivity index (χ3v) is 5.03. The monoisotopic (exact) mass is 378 g/mol. The first-order chi connectivity index (χ1) is 14.4. The molecule has 0 unspecified atom stereocenters. The lowest BCUT2D eigenvalue weighted by atomic mass is 10.0. The van der Waals surface area contributed by atoms with Gasteiger partial charge in [0.15, 0.2) is 5.65 Å². The van der Waals surface area contributed by atoms with Crippen molar-refractivity contribution >= 4 is 21.9 Å². The number of pyridine rings is 1. The highest BCUT2D eigenvalue weighted by Crippen LogP contribution is 2.34. The molecule has 0 bridgehead atoms. The smallest absolute Gasteiger partial charge is 0.181 e. The SMILES string of the molecule is c1cc(-c2ccoc2)c2cc(-c3[nH]nc4ncc(-c5cnccn5)cc34)[nH]c2c1. The van der Waals surface area contributed by atoms with E-state index in [-0.39, 0.29) is 0 Å². The highest BCUT2D eigenvalue weighted by atomic mass is 16.3. The molecule has 2 N–H and O–H groups in total. The van der Waals surface area contributed by atoms with Crippen molar-refractivity contribution in [2.45, 2.75) is 0 Å². The number of aromatic amines is 2. The van der Waals surface area contributed by atoms with Crippen molar-refractivity contribution in [2.75, 3.05) is 0 Å². The van der Waals surface area contributed by atoms with Gasteiger partial charge in [-0.1, -0.05) is 12.1 Å². The van der Waals surface area contributed by atoms with Crippen molar-refractivity contribution in [1.29, 1.82) is 0 Å². The van der Waals surface area contributed by atoms with Crippen LogP contribution in [0.15, 0.2) is 78.1 Å². The van der Waals surface area contributed by atoms with E-state index >= 15 is 0 Å². The normalized spacial score (nSPS) is 11.4. The summed E-state index contributed by atoms with van der Waals surface area (Å²) < 4.78 is 5.26. The van der Waals surface area contributed by atoms with Gasteiger partial charge in [0.1, 0.15) is 0 Å². The van der Waals surface area contributed by atoms with Crippen LogP contribution < -0.4 is 0 Å². The van der Waals surface area contributed by atoms with Crippen LogP contribution in [-0.4, -0.2) is 30.1 Å². The van der Waals surface area contributed by atoms with E-state index in [1.165, 1.54) is 0 Å². The molecule has 138 valence electrons. The van der Waals surface area contributed by atoms with E-state index in [1.807, 2.05) is 18.2 Å². The molecule has 7 nitrogen and oxygen atoms in total. The summed E-state index contributed by atoms with van der Waals surface area (Å²) in [5.74, 6) is 0. The lowest BCUT2D eigenvalue weighted by Gasteiger charge is -2.00. The minimum absolute atomic E-state index is 0.654. The van der Waals surface area contributed by atoms with Gasteiger partial charge in [0.05, 0.1) is 35.8 Å². The lowest BCUT2D eigenvalue weighted by molar-refractivity contribution is 0.568. The molecule has 6 aromatic rings. The van der Waals surface area contributed by atoms with Gasteiger partial charge in [0, 0.05) is 46.0 Å². The largest absolute Gasteiger partial charge is 0.472 e. The molecule has 5 heterocycles. The Morgan fingerprint density at radius 2 is 1.90 bits per heavy atom. The van der Waals surface area contributed by atoms with Crippen LogP contribution in [0.25, 0.3) is 55.7 Å². The quantitative estimate of drug-likeness (QED) is 0.460. The molecule has 0 aliphatic heterocycles. The van der Waals surface area contributed by atoms with Crippen LogP contribution >= 0.6 is 0 Å². The van der Waals surface area contributed by atoms with E-state index in [4.69, 9.17) is 4.42 Å². The summed E-state index contributed by atoms with van der Waals surface area (Å²) in [5.41, 5.74) is 7.34. The van der Waals surface area contributed by atoms with Gasteiger partial charge in [-0.05, 0) is 29.8 Å². The number of hydrogen-bond donors (Lipinski definition) is 2. The number of rotatable bonds is 3. The summed E-state index contributed by atoms with van der Waals surface area (Å²) in [6.07, 6.45) is 10.3. The summed E-state index contributed by atoms with van der Waals surface area (Å²) >= 11 is 0. The molecule has 6 rings (SSSR count). The second-order valence-electron chi connectivity index (χ2n) is 6.75. The fourth-order valence-electron chi connectivity index (χ4n) is 3.65. The molecule has 1 aromatic carbocycles. The first-order valence-electron chi connectivity index (χ1n) is 9.12. The van der Waals surface area contributed by atoms with Gasteiger partial charge >= 0.3 is 0 Å². The number of nitrogens with one attached hydrogen (secondary N) is 2. The Bertz CT molecular complexity index is 1450. The fraction of sp³-hybridized carbons (Fsp3) is 0. The maximum absolute atomic E-state index is 5.26. The third-order valence-electron chi connectivity index (χ3n) is 5.03. The topological polar surface area (TPSA) is 96.3 Å². The minimum atomic E-state index is 0.654. The molecule has 0 aliphatic carbocycles. The van der Waals surface area contributed by atoms with Crippen LogP contribution in [0.4, 0.5) is 0 Å². The number of nitrogens with zero attached hydrogens (tertiary/aromatic N) is 4. The van der Waals surface area contributed by atoms with Crippen LogP contribution in [0.1, 0.15) is 0 Å². The van der Waals surface area contributed by atoms with E-state index in [9.17, 15) is 0 Å². The number of hydrogen-bond acceptors (Lipinski definition) is 5. The summed E-state index contributed by atoms with van der Waals surface area (Å²) in [4.78, 5) is 16.5. The van der Waals surface area contributed by atoms with E-state index in [0.717, 1.165) is 50.1 Å². The van der Waals surface area contributed by atoms with Crippen LogP contribution in [0.5, 0.6) is 0 Å². The molecule has 0 atom stereocenters. The predicted molar refractivity (Wildman–Crippen MR) is 110 cm³/mol. The average molecular weight is 378 g/mol. The molecular formula is C22H14N6O. The van der Waals surface area contributed by atoms with E-state index in [2.05, 4.69) is 48.3 Å². The maximum Gasteiger partial charge on any atom is 0.181 e. The van der Waals surface area contributed by atoms with Gasteiger partial charge in [0.2, 0.25) is 0 Å². The Morgan fingerprint density at radius 3 is 2.76 bits per heavy atom. The highest BCUT2D eigenvalue weighted by molar-refractivity contribution is 6.01. The van der Waals surface area contributed by atoms with E-state index < -0.39 is 0 Å². The van der Waals surface area contributed by atoms with Crippen molar-refractivity contribution in [2.24, 2.45) is 0 Å². The molecule has 0 saturated carbocycles. The molecule has 0 amide bonds. The second kappa shape index (κ2) is 6.13. The number of furan rings is 1. The molecule has 29 heavy (non-hydrogen) atoms. The molecule has 0 saturated heterocycles. The van der Waals surface area contributed by atoms with Crippen LogP contribution in [0.2, 0.25) is 0 Å². The van der Waals surface area contributed by atoms with Gasteiger partial charge in [-0.2, -0.15) is 5.10 Å². The van der Waals surface area contributed by atoms with Gasteiger partial charge < -0.3 is 9.40 Å². The molecule has 0 aliphatic rings. The average Bonchev–Trinajstić information content (AvgIpc) is 3.52. The van der Waals surface area contributed by atoms with Crippen molar-refractivity contribution in [3.8, 4) is 33.8 Å². The molecule has 0 spiro atoms. The first-order valence-corrected chi connectivity index (χ1v) is 9.12. The summed E-state index contributed by atoms with van der Waals surface area (Å²) in [6, 6.07) is 12.3. The Labute approximate surface area is 164 Å². The molecule has 0 fully saturated rings. The molecule has 5 aromatic heterocycles. The Morgan fingerprint density at radius 1 is 0.897 bits per heavy atom. The number of benzene rings is 1. The third kappa shape index (κ3) is 2.52. The van der Waals surface area contributed by atoms with Crippen LogP contribution in [-0.2, 0) is 0 Å². The zero-order chi connectivity index (χ0) is 19.2. The van der Waals surface area contributed by atoms with Gasteiger partial charge in [0.25, 0.3) is 0 Å². The van der Waals surface area contributed by atoms with Crippen LogP contribution in [0, 0.1) is 0 Å². The van der Waals surface area contributed by atoms with E-state index in [0.29, 0.717) is 5.65 Å². The van der Waals surface area contributed by atoms with Gasteiger partial charge in [-0.15, -0.1) is 0 Å². The zero-order valence-corrected chi connectivity index (χ0v) is 15.1. The fourth-order valence-corrected chi connectivity index (χ4v) is 3.65. The number of aromatic nitrogens is 6. The Kier molecular flexibility index (Phi) is 3.33. The minimum Gasteiger partial charge on any atom is -0.472 e. The zero-order valence-electron chi connectivity index (χ0n) is 15.1. The van der Waals surface area contributed by atoms with E-state index in [1.54, 1.807) is 37.3 Å². The molecule has 7 heteroatoms. The Balaban J connectivity index is 1.53. The predicted octanol–water partition coefficient (Wildman–Crippen LogP) is 4.82. The summed E-state index contributed by atoms with van der Waals surface area (Å²) in [6.45, 7) is 0. The van der Waals surface area contributed by atoms with Crippen molar-refractivity contribution in [3.63, 3.8) is 0 Å². The molecular weight excluding hydrogens is 364 g/mol. The van der Waals surface area contributed by atoms with Crippen LogP contribution in [0.3, 0.4) is 0 Å². The van der Waals surface area contributed by atoms with Crippen molar-refractivity contribution in [3.05, 3.63) is 73.7 Å². The highest BCUT2D eigenvalue weighted by Gasteiger charge is 2.15. The number of fused-ring (bicyclic) bond motifs is 2. The van der Waals surface area contributed by atoms with Gasteiger partial charge in [-0.3, -0.25) is 15.1 Å². The first kappa shape index (κ1) is 15.8. The second-order valence-corrected chi connectivity index (χ2v) is 6.75. The summed E-state index contributed by atoms with van der Waals surface area (Å²) in [5, 5.41) is 9.53. The molecule has 0 radical (unpaired) electrons. The standard InChI is InChI=1S/C22H14N6O/c1-2-15(13-4-7-29-12-13)16-9-19(26-18(16)3-1)21-17-8-14(10-25-22(17)28-27-21)20-11-23-5-6-24-20/h1-12,26H,(H,25,27,28). The Hall–Kier alpha value is -4.26. The summed E-state index contributed by atoms with van der Waals surface area (Å²) in [7, 11) is 0. The van der Waals surface area contributed by atoms with Gasteiger partial charge in [-0.25, -0.2) is 4.98 Å². The van der Waals surface area contributed by atoms with Crippen molar-refractivity contribution < 1.29 is 4.42 Å².